The fraction of sp³-hybridized carbons (Fsp3) is 0.219. The van der Waals surface area contributed by atoms with Crippen molar-refractivity contribution in [3.05, 3.63) is 115 Å². The molecule has 0 amide bonds. The van der Waals surface area contributed by atoms with E-state index in [4.69, 9.17) is 9.72 Å². The van der Waals surface area contributed by atoms with Crippen LogP contribution in [0.5, 0.6) is 11.5 Å². The average Bonchev–Trinajstić information content (AvgIpc) is 3.37. The van der Waals surface area contributed by atoms with Gasteiger partial charge in [0.15, 0.2) is 0 Å². The Labute approximate surface area is 252 Å². The van der Waals surface area contributed by atoms with Gasteiger partial charge in [-0.15, -0.1) is 13.2 Å². The molecule has 1 unspecified atom stereocenters. The van der Waals surface area contributed by atoms with Gasteiger partial charge in [0, 0.05) is 31.9 Å². The van der Waals surface area contributed by atoms with Crippen molar-refractivity contribution < 1.29 is 31.1 Å². The molecule has 0 aliphatic carbocycles. The first kappa shape index (κ1) is 29.5. The lowest BCUT2D eigenvalue weighted by Crippen LogP contribution is -2.55. The molecule has 44 heavy (non-hydrogen) atoms. The molecule has 1 aliphatic rings. The molecule has 1 aliphatic heterocycles. The number of halogens is 3. The van der Waals surface area contributed by atoms with Gasteiger partial charge in [0.1, 0.15) is 29.3 Å². The SMILES string of the molecule is O=S(=O)(c1ccccc1)C1CNCCN1c1ccc2nc(COc3ccccc3)n(Cc3ccc(OC(F)(F)F)cc3)c2c1. The maximum Gasteiger partial charge on any atom is 0.573 e. The molecule has 0 radical (unpaired) electrons. The Morgan fingerprint density at radius 1 is 0.886 bits per heavy atom. The second-order valence-electron chi connectivity index (χ2n) is 10.3. The van der Waals surface area contributed by atoms with Crippen LogP contribution in [0.15, 0.2) is 108 Å². The number of benzene rings is 4. The van der Waals surface area contributed by atoms with Crippen LogP contribution < -0.4 is 19.7 Å². The second kappa shape index (κ2) is 12.2. The molecule has 12 heteroatoms. The van der Waals surface area contributed by atoms with Gasteiger partial charge in [0.2, 0.25) is 9.84 Å². The third-order valence-corrected chi connectivity index (χ3v) is 9.44. The first-order valence-electron chi connectivity index (χ1n) is 14.0. The molecule has 4 aromatic carbocycles. The van der Waals surface area contributed by atoms with E-state index in [1.807, 2.05) is 58.0 Å². The molecular formula is C32H29F3N4O4S. The van der Waals surface area contributed by atoms with E-state index in [-0.39, 0.29) is 30.3 Å². The van der Waals surface area contributed by atoms with Crippen LogP contribution in [0.25, 0.3) is 11.0 Å². The standard InChI is InChI=1S/C32H29F3N4O4S/c33-32(34,35)43-26-14-11-23(12-15-26)21-39-29-19-24(13-16-28(29)37-30(39)22-42-25-7-3-1-4-8-25)38-18-17-36-20-31(38)44(40,41)27-9-5-2-6-10-27/h1-16,19,31,36H,17-18,20-22H2. The molecule has 1 atom stereocenters. The van der Waals surface area contributed by atoms with E-state index in [0.717, 1.165) is 11.1 Å². The van der Waals surface area contributed by atoms with Gasteiger partial charge in [-0.05, 0) is 60.2 Å². The number of ether oxygens (including phenoxy) is 2. The van der Waals surface area contributed by atoms with E-state index in [1.165, 1.54) is 12.1 Å². The zero-order chi connectivity index (χ0) is 30.7. The number of hydrogen-bond donors (Lipinski definition) is 1. The summed E-state index contributed by atoms with van der Waals surface area (Å²) in [5.41, 5.74) is 2.85. The van der Waals surface area contributed by atoms with Crippen molar-refractivity contribution in [2.75, 3.05) is 24.5 Å². The van der Waals surface area contributed by atoms with Crippen LogP contribution in [0, 0.1) is 0 Å². The lowest BCUT2D eigenvalue weighted by Gasteiger charge is -2.37. The van der Waals surface area contributed by atoms with E-state index < -0.39 is 21.6 Å². The van der Waals surface area contributed by atoms with E-state index in [0.29, 0.717) is 35.9 Å². The number of anilines is 1. The normalized spacial score (nSPS) is 15.8. The Balaban J connectivity index is 1.37. The lowest BCUT2D eigenvalue weighted by atomic mass is 10.2. The molecule has 8 nitrogen and oxygen atoms in total. The quantitative estimate of drug-likeness (QED) is 0.223. The van der Waals surface area contributed by atoms with Crippen LogP contribution in [0.1, 0.15) is 11.4 Å². The number of hydrogen-bond acceptors (Lipinski definition) is 7. The van der Waals surface area contributed by atoms with Gasteiger partial charge < -0.3 is 24.3 Å². The van der Waals surface area contributed by atoms with E-state index >= 15 is 0 Å². The molecule has 1 saturated heterocycles. The summed E-state index contributed by atoms with van der Waals surface area (Å²) in [6.07, 6.45) is -4.78. The molecule has 0 spiro atoms. The van der Waals surface area contributed by atoms with E-state index in [2.05, 4.69) is 10.1 Å². The molecule has 1 fully saturated rings. The predicted octanol–water partition coefficient (Wildman–Crippen LogP) is 5.77. The number of nitrogens with one attached hydrogen (secondary N) is 1. The van der Waals surface area contributed by atoms with Crippen molar-refractivity contribution in [2.45, 2.75) is 29.8 Å². The second-order valence-corrected chi connectivity index (χ2v) is 12.4. The van der Waals surface area contributed by atoms with Gasteiger partial charge in [-0.2, -0.15) is 0 Å². The molecule has 0 saturated carbocycles. The number of fused-ring (bicyclic) bond motifs is 1. The van der Waals surface area contributed by atoms with E-state index in [1.54, 1.807) is 42.5 Å². The van der Waals surface area contributed by atoms with Crippen LogP contribution >= 0.6 is 0 Å². The fourth-order valence-corrected chi connectivity index (χ4v) is 7.04. The Hall–Kier alpha value is -4.55. The number of aromatic nitrogens is 2. The minimum atomic E-state index is -4.78. The largest absolute Gasteiger partial charge is 0.573 e. The monoisotopic (exact) mass is 622 g/mol. The number of nitrogens with zero attached hydrogens (tertiary/aromatic N) is 3. The highest BCUT2D eigenvalue weighted by Gasteiger charge is 2.35. The maximum atomic E-state index is 13.7. The molecule has 1 N–H and O–H groups in total. The average molecular weight is 623 g/mol. The molecular weight excluding hydrogens is 593 g/mol. The molecule has 2 heterocycles. The van der Waals surface area contributed by atoms with Crippen LogP contribution in [0.4, 0.5) is 18.9 Å². The molecule has 0 bridgehead atoms. The van der Waals surface area contributed by atoms with Crippen LogP contribution in [0.2, 0.25) is 0 Å². The Kier molecular flexibility index (Phi) is 8.19. The number of sulfone groups is 1. The summed E-state index contributed by atoms with van der Waals surface area (Å²) in [5, 5.41) is 2.39. The topological polar surface area (TPSA) is 85.7 Å². The Morgan fingerprint density at radius 3 is 2.30 bits per heavy atom. The Bertz CT molecular complexity index is 1830. The summed E-state index contributed by atoms with van der Waals surface area (Å²) in [4.78, 5) is 6.95. The van der Waals surface area contributed by atoms with Crippen LogP contribution in [-0.4, -0.2) is 49.3 Å². The highest BCUT2D eigenvalue weighted by molar-refractivity contribution is 7.92. The van der Waals surface area contributed by atoms with Gasteiger partial charge >= 0.3 is 6.36 Å². The first-order valence-corrected chi connectivity index (χ1v) is 15.5. The first-order chi connectivity index (χ1) is 21.2. The molecule has 228 valence electrons. The summed E-state index contributed by atoms with van der Waals surface area (Å²) in [5.74, 6) is 0.955. The highest BCUT2D eigenvalue weighted by Crippen LogP contribution is 2.30. The van der Waals surface area contributed by atoms with Crippen molar-refractivity contribution in [1.29, 1.82) is 0 Å². The molecule has 1 aromatic heterocycles. The zero-order valence-electron chi connectivity index (χ0n) is 23.4. The van der Waals surface area contributed by atoms with Gasteiger partial charge in [-0.3, -0.25) is 0 Å². The fourth-order valence-electron chi connectivity index (χ4n) is 5.29. The minimum absolute atomic E-state index is 0.141. The van der Waals surface area contributed by atoms with Crippen LogP contribution in [-0.2, 0) is 23.0 Å². The molecule has 5 aromatic rings. The zero-order valence-corrected chi connectivity index (χ0v) is 24.3. The third-order valence-electron chi connectivity index (χ3n) is 7.38. The Morgan fingerprint density at radius 2 is 1.59 bits per heavy atom. The summed E-state index contributed by atoms with van der Waals surface area (Å²) >= 11 is 0. The van der Waals surface area contributed by atoms with Crippen molar-refractivity contribution in [2.24, 2.45) is 0 Å². The van der Waals surface area contributed by atoms with Crippen LogP contribution in [0.3, 0.4) is 0 Å². The summed E-state index contributed by atoms with van der Waals surface area (Å²) in [6.45, 7) is 1.77. The molecule has 6 rings (SSSR count). The van der Waals surface area contributed by atoms with Gasteiger partial charge in [-0.1, -0.05) is 48.5 Å². The summed E-state index contributed by atoms with van der Waals surface area (Å²) in [6, 6.07) is 29.0. The van der Waals surface area contributed by atoms with Crippen molar-refractivity contribution in [3.63, 3.8) is 0 Å². The lowest BCUT2D eigenvalue weighted by molar-refractivity contribution is -0.274. The summed E-state index contributed by atoms with van der Waals surface area (Å²) < 4.78 is 77.4. The summed E-state index contributed by atoms with van der Waals surface area (Å²) in [7, 11) is -3.69. The number of piperazine rings is 1. The van der Waals surface area contributed by atoms with Gasteiger partial charge in [0.05, 0.1) is 15.9 Å². The van der Waals surface area contributed by atoms with Crippen molar-refractivity contribution >= 4 is 26.6 Å². The van der Waals surface area contributed by atoms with Gasteiger partial charge in [-0.25, -0.2) is 13.4 Å². The van der Waals surface area contributed by atoms with Gasteiger partial charge in [0.25, 0.3) is 0 Å². The van der Waals surface area contributed by atoms with Crippen molar-refractivity contribution in [3.8, 4) is 11.5 Å². The van der Waals surface area contributed by atoms with E-state index in [9.17, 15) is 21.6 Å². The number of imidazole rings is 1. The number of alkyl halides is 3. The number of rotatable bonds is 9. The number of para-hydroxylation sites is 1. The maximum absolute atomic E-state index is 13.7. The predicted molar refractivity (Wildman–Crippen MR) is 160 cm³/mol. The highest BCUT2D eigenvalue weighted by atomic mass is 32.2. The minimum Gasteiger partial charge on any atom is -0.486 e. The third kappa shape index (κ3) is 6.51. The van der Waals surface area contributed by atoms with Crippen molar-refractivity contribution in [1.82, 2.24) is 14.9 Å². The smallest absolute Gasteiger partial charge is 0.486 e.